The second-order valence-electron chi connectivity index (χ2n) is 7.37. The van der Waals surface area contributed by atoms with Gasteiger partial charge in [0.05, 0.1) is 6.61 Å². The number of carbonyl (C=O) groups excluding carboxylic acids is 1. The molecule has 1 atom stereocenters. The van der Waals surface area contributed by atoms with E-state index in [1.807, 2.05) is 36.1 Å². The van der Waals surface area contributed by atoms with E-state index in [1.165, 1.54) is 12.8 Å². The summed E-state index contributed by atoms with van der Waals surface area (Å²) < 4.78 is 10.8. The van der Waals surface area contributed by atoms with Gasteiger partial charge in [0.25, 0.3) is 0 Å². The molecule has 1 saturated heterocycles. The number of anilines is 1. The highest BCUT2D eigenvalue weighted by Gasteiger charge is 2.30. The average molecular weight is 370 g/mol. The van der Waals surface area contributed by atoms with Crippen LogP contribution in [0.5, 0.6) is 5.75 Å². The predicted molar refractivity (Wildman–Crippen MR) is 101 cm³/mol. The van der Waals surface area contributed by atoms with Crippen molar-refractivity contribution in [1.82, 2.24) is 15.0 Å². The van der Waals surface area contributed by atoms with Crippen molar-refractivity contribution in [2.75, 3.05) is 25.0 Å². The number of nitrogens with one attached hydrogen (secondary N) is 1. The van der Waals surface area contributed by atoms with Gasteiger partial charge in [0.1, 0.15) is 5.75 Å². The van der Waals surface area contributed by atoms with Crippen LogP contribution in [0.2, 0.25) is 0 Å². The number of piperidine rings is 1. The Morgan fingerprint density at radius 3 is 2.85 bits per heavy atom. The Morgan fingerprint density at radius 2 is 2.11 bits per heavy atom. The summed E-state index contributed by atoms with van der Waals surface area (Å²) in [6.07, 6.45) is 5.15. The maximum absolute atomic E-state index is 12.6. The van der Waals surface area contributed by atoms with Crippen LogP contribution in [0.3, 0.4) is 0 Å². The first-order chi connectivity index (χ1) is 13.2. The number of benzene rings is 1. The van der Waals surface area contributed by atoms with Gasteiger partial charge in [-0.25, -0.2) is 4.79 Å². The minimum absolute atomic E-state index is 0.0620. The summed E-state index contributed by atoms with van der Waals surface area (Å²) in [5, 5.41) is 7.06. The van der Waals surface area contributed by atoms with Crippen molar-refractivity contribution in [3.63, 3.8) is 0 Å². The Balaban J connectivity index is 1.30. The van der Waals surface area contributed by atoms with Crippen LogP contribution in [0.25, 0.3) is 0 Å². The number of amides is 2. The molecule has 2 aliphatic rings. The summed E-state index contributed by atoms with van der Waals surface area (Å²) in [5.74, 6) is 3.22. The standard InChI is InChI=1S/C20H26N4O3/c1-2-26-17-9-7-16(8-10-17)21-20(25)24-11-3-4-14(13-24)12-18-22-19(23-27-18)15-5-6-15/h7-10,14-15H,2-6,11-13H2,1H3,(H,21,25). The molecule has 0 bridgehead atoms. The van der Waals surface area contributed by atoms with E-state index in [9.17, 15) is 4.79 Å². The quantitative estimate of drug-likeness (QED) is 0.836. The Bertz CT molecular complexity index is 770. The zero-order chi connectivity index (χ0) is 18.6. The van der Waals surface area contributed by atoms with Crippen LogP contribution >= 0.6 is 0 Å². The summed E-state index contributed by atoms with van der Waals surface area (Å²) in [6.45, 7) is 4.06. The molecule has 0 radical (unpaired) electrons. The zero-order valence-electron chi connectivity index (χ0n) is 15.7. The summed E-state index contributed by atoms with van der Waals surface area (Å²) in [7, 11) is 0. The van der Waals surface area contributed by atoms with Gasteiger partial charge in [-0.1, -0.05) is 5.16 Å². The molecule has 2 aromatic rings. The fourth-order valence-electron chi connectivity index (χ4n) is 3.53. The van der Waals surface area contributed by atoms with Crippen LogP contribution in [0, 0.1) is 5.92 Å². The highest BCUT2D eigenvalue weighted by atomic mass is 16.5. The molecule has 1 aromatic carbocycles. The van der Waals surface area contributed by atoms with Gasteiger partial charge in [0.15, 0.2) is 5.82 Å². The van der Waals surface area contributed by atoms with Crippen LogP contribution in [-0.2, 0) is 6.42 Å². The number of rotatable bonds is 6. The van der Waals surface area contributed by atoms with Gasteiger partial charge >= 0.3 is 6.03 Å². The predicted octanol–water partition coefficient (Wildman–Crippen LogP) is 3.83. The number of hydrogen-bond donors (Lipinski definition) is 1. The topological polar surface area (TPSA) is 80.5 Å². The highest BCUT2D eigenvalue weighted by molar-refractivity contribution is 5.89. The number of ether oxygens (including phenoxy) is 1. The molecular formula is C20H26N4O3. The van der Waals surface area contributed by atoms with E-state index >= 15 is 0 Å². The van der Waals surface area contributed by atoms with Crippen molar-refractivity contribution in [3.05, 3.63) is 36.0 Å². The monoisotopic (exact) mass is 370 g/mol. The van der Waals surface area contributed by atoms with E-state index in [0.717, 1.165) is 43.1 Å². The number of urea groups is 1. The fourth-order valence-corrected chi connectivity index (χ4v) is 3.53. The van der Waals surface area contributed by atoms with Crippen molar-refractivity contribution in [1.29, 1.82) is 0 Å². The molecule has 1 saturated carbocycles. The lowest BCUT2D eigenvalue weighted by molar-refractivity contribution is 0.173. The van der Waals surface area contributed by atoms with E-state index in [0.29, 0.717) is 30.9 Å². The molecule has 1 aromatic heterocycles. The Labute approximate surface area is 159 Å². The number of aromatic nitrogens is 2. The molecule has 2 amide bonds. The molecule has 7 nitrogen and oxygen atoms in total. The largest absolute Gasteiger partial charge is 0.494 e. The molecule has 2 heterocycles. The Morgan fingerprint density at radius 1 is 1.30 bits per heavy atom. The van der Waals surface area contributed by atoms with Gasteiger partial charge in [-0.2, -0.15) is 4.98 Å². The molecular weight excluding hydrogens is 344 g/mol. The third-order valence-corrected chi connectivity index (χ3v) is 5.11. The maximum Gasteiger partial charge on any atom is 0.321 e. The third kappa shape index (κ3) is 4.59. The van der Waals surface area contributed by atoms with Crippen molar-refractivity contribution >= 4 is 11.7 Å². The van der Waals surface area contributed by atoms with Gasteiger partial charge in [-0.3, -0.25) is 0 Å². The van der Waals surface area contributed by atoms with Crippen LogP contribution in [-0.4, -0.2) is 40.8 Å². The number of likely N-dealkylation sites (tertiary alicyclic amines) is 1. The first-order valence-corrected chi connectivity index (χ1v) is 9.82. The van der Waals surface area contributed by atoms with Crippen molar-refractivity contribution in [2.45, 2.75) is 44.9 Å². The fraction of sp³-hybridized carbons (Fsp3) is 0.550. The minimum atomic E-state index is -0.0620. The van der Waals surface area contributed by atoms with Crippen LogP contribution in [0.4, 0.5) is 10.5 Å². The van der Waals surface area contributed by atoms with Crippen LogP contribution in [0.15, 0.2) is 28.8 Å². The van der Waals surface area contributed by atoms with E-state index in [4.69, 9.17) is 9.26 Å². The first-order valence-electron chi connectivity index (χ1n) is 9.82. The molecule has 0 spiro atoms. The van der Waals surface area contributed by atoms with Gasteiger partial charge in [0, 0.05) is 31.1 Å². The molecule has 1 aliphatic heterocycles. The third-order valence-electron chi connectivity index (χ3n) is 5.11. The summed E-state index contributed by atoms with van der Waals surface area (Å²) >= 11 is 0. The number of carbonyl (C=O) groups is 1. The van der Waals surface area contributed by atoms with Crippen LogP contribution in [0.1, 0.15) is 50.2 Å². The van der Waals surface area contributed by atoms with Crippen LogP contribution < -0.4 is 10.1 Å². The average Bonchev–Trinajstić information content (AvgIpc) is 3.43. The van der Waals surface area contributed by atoms with Crippen molar-refractivity contribution in [2.24, 2.45) is 5.92 Å². The molecule has 1 aliphatic carbocycles. The lowest BCUT2D eigenvalue weighted by Gasteiger charge is -2.32. The first kappa shape index (κ1) is 17.8. The Kier molecular flexibility index (Phi) is 5.27. The van der Waals surface area contributed by atoms with Gasteiger partial charge in [-0.05, 0) is 62.8 Å². The summed E-state index contributed by atoms with van der Waals surface area (Å²) in [6, 6.07) is 7.40. The molecule has 27 heavy (non-hydrogen) atoms. The molecule has 4 rings (SSSR count). The van der Waals surface area contributed by atoms with E-state index in [2.05, 4.69) is 15.5 Å². The molecule has 7 heteroatoms. The number of hydrogen-bond acceptors (Lipinski definition) is 5. The van der Waals surface area contributed by atoms with Crippen molar-refractivity contribution < 1.29 is 14.1 Å². The molecule has 1 N–H and O–H groups in total. The second-order valence-corrected chi connectivity index (χ2v) is 7.37. The maximum atomic E-state index is 12.6. The van der Waals surface area contributed by atoms with E-state index < -0.39 is 0 Å². The lowest BCUT2D eigenvalue weighted by atomic mass is 9.95. The Hall–Kier alpha value is -2.57. The van der Waals surface area contributed by atoms with Gasteiger partial charge < -0.3 is 19.5 Å². The minimum Gasteiger partial charge on any atom is -0.494 e. The smallest absolute Gasteiger partial charge is 0.321 e. The van der Waals surface area contributed by atoms with E-state index in [-0.39, 0.29) is 6.03 Å². The van der Waals surface area contributed by atoms with Gasteiger partial charge in [0.2, 0.25) is 5.89 Å². The normalized spacial score (nSPS) is 19.7. The summed E-state index contributed by atoms with van der Waals surface area (Å²) in [4.78, 5) is 19.0. The molecule has 144 valence electrons. The molecule has 1 unspecified atom stereocenters. The van der Waals surface area contributed by atoms with Crippen molar-refractivity contribution in [3.8, 4) is 5.75 Å². The lowest BCUT2D eigenvalue weighted by Crippen LogP contribution is -2.42. The highest BCUT2D eigenvalue weighted by Crippen LogP contribution is 2.38. The van der Waals surface area contributed by atoms with Gasteiger partial charge in [-0.15, -0.1) is 0 Å². The summed E-state index contributed by atoms with van der Waals surface area (Å²) in [5.41, 5.74) is 0.775. The zero-order valence-corrected chi connectivity index (χ0v) is 15.7. The SMILES string of the molecule is CCOc1ccc(NC(=O)N2CCCC(Cc3nc(C4CC4)no3)C2)cc1. The number of nitrogens with zero attached hydrogens (tertiary/aromatic N) is 3. The molecule has 2 fully saturated rings. The second kappa shape index (κ2) is 7.98. The van der Waals surface area contributed by atoms with E-state index in [1.54, 1.807) is 0 Å².